The van der Waals surface area contributed by atoms with Gasteiger partial charge in [0.15, 0.2) is 11.0 Å². The lowest BCUT2D eigenvalue weighted by Gasteiger charge is -2.01. The van der Waals surface area contributed by atoms with Crippen molar-refractivity contribution in [3.63, 3.8) is 0 Å². The number of methoxy groups -OCH3 is 1. The number of rotatable bonds is 8. The number of ether oxygens (including phenoxy) is 1. The van der Waals surface area contributed by atoms with Crippen molar-refractivity contribution >= 4 is 22.4 Å². The van der Waals surface area contributed by atoms with Crippen molar-refractivity contribution in [2.24, 2.45) is 0 Å². The van der Waals surface area contributed by atoms with Gasteiger partial charge in [0.1, 0.15) is 6.10 Å². The molecule has 1 amide bonds. The molecule has 0 spiro atoms. The molecule has 3 aromatic rings. The molecule has 3 rings (SSSR count). The van der Waals surface area contributed by atoms with Gasteiger partial charge in [-0.15, -0.1) is 11.3 Å². The largest absolute Gasteiger partial charge is 0.374 e. The zero-order valence-electron chi connectivity index (χ0n) is 15.6. The maximum Gasteiger partial charge on any atom is 0.227 e. The first kappa shape index (κ1) is 19.2. The van der Waals surface area contributed by atoms with E-state index in [0.717, 1.165) is 17.7 Å². The molecule has 0 saturated carbocycles. The predicted octanol–water partition coefficient (Wildman–Crippen LogP) is 4.03. The first-order valence-electron chi connectivity index (χ1n) is 8.79. The average molecular weight is 386 g/mol. The van der Waals surface area contributed by atoms with Gasteiger partial charge in [0.05, 0.1) is 5.69 Å². The smallest absolute Gasteiger partial charge is 0.227 e. The van der Waals surface area contributed by atoms with E-state index in [9.17, 15) is 4.79 Å². The second-order valence-corrected chi connectivity index (χ2v) is 6.92. The van der Waals surface area contributed by atoms with Gasteiger partial charge in [0.25, 0.3) is 0 Å². The second-order valence-electron chi connectivity index (χ2n) is 6.06. The molecule has 0 unspecified atom stereocenters. The number of anilines is 1. The van der Waals surface area contributed by atoms with Crippen LogP contribution in [0, 0.1) is 0 Å². The minimum atomic E-state index is -0.239. The molecule has 0 fully saturated rings. The number of carbonyl (C=O) groups is 1. The Bertz CT molecular complexity index is 889. The Kier molecular flexibility index (Phi) is 6.31. The second kappa shape index (κ2) is 8.88. The Morgan fingerprint density at radius 2 is 2.07 bits per heavy atom. The molecule has 1 N–H and O–H groups in total. The van der Waals surface area contributed by atoms with Crippen LogP contribution in [-0.4, -0.2) is 28.1 Å². The Morgan fingerprint density at radius 3 is 2.78 bits per heavy atom. The number of aryl methyl sites for hydroxylation is 2. The maximum absolute atomic E-state index is 12.2. The van der Waals surface area contributed by atoms with Gasteiger partial charge in [-0.05, 0) is 18.9 Å². The van der Waals surface area contributed by atoms with Gasteiger partial charge in [0.2, 0.25) is 11.8 Å². The third kappa shape index (κ3) is 4.99. The van der Waals surface area contributed by atoms with E-state index in [1.807, 2.05) is 24.4 Å². The van der Waals surface area contributed by atoms with Crippen LogP contribution in [0.25, 0.3) is 11.3 Å². The summed E-state index contributed by atoms with van der Waals surface area (Å²) in [6.45, 7) is 3.95. The Morgan fingerprint density at radius 1 is 1.30 bits per heavy atom. The number of carbonyl (C=O) groups excluding carboxylic acids is 1. The molecule has 1 aromatic carbocycles. The third-order valence-corrected chi connectivity index (χ3v) is 4.93. The van der Waals surface area contributed by atoms with Crippen molar-refractivity contribution in [1.29, 1.82) is 0 Å². The molecular weight excluding hydrogens is 364 g/mol. The van der Waals surface area contributed by atoms with E-state index in [2.05, 4.69) is 39.5 Å². The third-order valence-electron chi connectivity index (χ3n) is 4.18. The zero-order valence-corrected chi connectivity index (χ0v) is 16.4. The lowest BCUT2D eigenvalue weighted by Crippen LogP contribution is -2.12. The highest BCUT2D eigenvalue weighted by atomic mass is 32.1. The first-order valence-corrected chi connectivity index (χ1v) is 9.67. The number of nitrogens with one attached hydrogen (secondary N) is 1. The van der Waals surface area contributed by atoms with Crippen molar-refractivity contribution in [1.82, 2.24) is 15.1 Å². The van der Waals surface area contributed by atoms with E-state index in [4.69, 9.17) is 9.26 Å². The summed E-state index contributed by atoms with van der Waals surface area (Å²) >= 11 is 1.40. The number of hydrogen-bond acceptors (Lipinski definition) is 7. The summed E-state index contributed by atoms with van der Waals surface area (Å²) in [5.74, 6) is 0.753. The van der Waals surface area contributed by atoms with Crippen LogP contribution < -0.4 is 5.32 Å². The Labute approximate surface area is 161 Å². The fraction of sp³-hybridized carbons (Fsp3) is 0.368. The Balaban J connectivity index is 1.53. The standard InChI is InChI=1S/C19H22N4O3S/c1-4-13-5-7-14(8-6-13)15-11-27-19(20-15)21-16(24)9-10-17-22-18(23-26-17)12(2)25-3/h5-8,11-12H,4,9-10H2,1-3H3,(H,20,21,24)/t12-/m1/s1. The summed E-state index contributed by atoms with van der Waals surface area (Å²) in [6, 6.07) is 8.29. The van der Waals surface area contributed by atoms with Crippen LogP contribution in [-0.2, 0) is 22.4 Å². The van der Waals surface area contributed by atoms with Crippen LogP contribution in [0.1, 0.15) is 43.7 Å². The molecule has 0 bridgehead atoms. The molecule has 7 nitrogen and oxygen atoms in total. The van der Waals surface area contributed by atoms with Gasteiger partial charge in [-0.2, -0.15) is 4.98 Å². The molecule has 27 heavy (non-hydrogen) atoms. The van der Waals surface area contributed by atoms with Gasteiger partial charge in [-0.25, -0.2) is 4.98 Å². The minimum Gasteiger partial charge on any atom is -0.374 e. The fourth-order valence-corrected chi connectivity index (χ4v) is 3.15. The molecule has 8 heteroatoms. The summed E-state index contributed by atoms with van der Waals surface area (Å²) < 4.78 is 10.3. The van der Waals surface area contributed by atoms with E-state index < -0.39 is 0 Å². The number of amides is 1. The molecule has 2 aromatic heterocycles. The summed E-state index contributed by atoms with van der Waals surface area (Å²) in [7, 11) is 1.58. The van der Waals surface area contributed by atoms with Crippen molar-refractivity contribution < 1.29 is 14.1 Å². The maximum atomic E-state index is 12.2. The molecule has 1 atom stereocenters. The molecular formula is C19H22N4O3S. The van der Waals surface area contributed by atoms with Gasteiger partial charge in [-0.1, -0.05) is 36.3 Å². The van der Waals surface area contributed by atoms with E-state index in [1.54, 1.807) is 7.11 Å². The van der Waals surface area contributed by atoms with E-state index in [0.29, 0.717) is 23.3 Å². The van der Waals surface area contributed by atoms with E-state index in [1.165, 1.54) is 16.9 Å². The summed E-state index contributed by atoms with van der Waals surface area (Å²) in [5, 5.41) is 9.18. The SMILES string of the molecule is CCc1ccc(-c2csc(NC(=O)CCc3nc([C@@H](C)OC)no3)n2)cc1. The quantitative estimate of drug-likeness (QED) is 0.628. The predicted molar refractivity (Wildman–Crippen MR) is 104 cm³/mol. The molecule has 142 valence electrons. The molecule has 0 radical (unpaired) electrons. The monoisotopic (exact) mass is 386 g/mol. The van der Waals surface area contributed by atoms with Crippen LogP contribution in [0.4, 0.5) is 5.13 Å². The van der Waals surface area contributed by atoms with Gasteiger partial charge < -0.3 is 14.6 Å². The highest BCUT2D eigenvalue weighted by Crippen LogP contribution is 2.25. The van der Waals surface area contributed by atoms with E-state index >= 15 is 0 Å². The molecule has 2 heterocycles. The first-order chi connectivity index (χ1) is 13.1. The number of aromatic nitrogens is 3. The highest BCUT2D eigenvalue weighted by molar-refractivity contribution is 7.14. The van der Waals surface area contributed by atoms with Gasteiger partial charge in [0, 0.05) is 30.9 Å². The Hall–Kier alpha value is -2.58. The summed E-state index contributed by atoms with van der Waals surface area (Å²) in [4.78, 5) is 20.9. The van der Waals surface area contributed by atoms with Crippen molar-refractivity contribution in [3.05, 3.63) is 46.9 Å². The molecule has 0 aliphatic rings. The van der Waals surface area contributed by atoms with Crippen LogP contribution >= 0.6 is 11.3 Å². The molecule has 0 saturated heterocycles. The number of hydrogen-bond donors (Lipinski definition) is 1. The van der Waals surface area contributed by atoms with Crippen molar-refractivity contribution in [3.8, 4) is 11.3 Å². The summed E-state index contributed by atoms with van der Waals surface area (Å²) in [6.07, 6.45) is 1.37. The van der Waals surface area contributed by atoms with Gasteiger partial charge in [-0.3, -0.25) is 4.79 Å². The number of benzene rings is 1. The topological polar surface area (TPSA) is 90.1 Å². The van der Waals surface area contributed by atoms with Crippen LogP contribution in [0.3, 0.4) is 0 Å². The van der Waals surface area contributed by atoms with Gasteiger partial charge >= 0.3 is 0 Å². The van der Waals surface area contributed by atoms with Crippen LogP contribution in [0.2, 0.25) is 0 Å². The fourth-order valence-electron chi connectivity index (χ4n) is 2.42. The lowest BCUT2D eigenvalue weighted by molar-refractivity contribution is -0.116. The number of nitrogens with zero attached hydrogens (tertiary/aromatic N) is 3. The van der Waals surface area contributed by atoms with Crippen molar-refractivity contribution in [2.75, 3.05) is 12.4 Å². The van der Waals surface area contributed by atoms with Crippen molar-refractivity contribution in [2.45, 2.75) is 39.2 Å². The summed E-state index contributed by atoms with van der Waals surface area (Å²) in [5.41, 5.74) is 3.18. The highest BCUT2D eigenvalue weighted by Gasteiger charge is 2.14. The zero-order chi connectivity index (χ0) is 19.2. The molecule has 0 aliphatic heterocycles. The molecule has 0 aliphatic carbocycles. The number of thiazole rings is 1. The average Bonchev–Trinajstić information content (AvgIpc) is 3.35. The van der Waals surface area contributed by atoms with Crippen LogP contribution in [0.15, 0.2) is 34.2 Å². The lowest BCUT2D eigenvalue weighted by atomic mass is 10.1. The normalized spacial score (nSPS) is 12.1. The van der Waals surface area contributed by atoms with E-state index in [-0.39, 0.29) is 18.4 Å². The van der Waals surface area contributed by atoms with Crippen LogP contribution in [0.5, 0.6) is 0 Å². The minimum absolute atomic E-state index is 0.142.